The first kappa shape index (κ1) is 21.1. The van der Waals surface area contributed by atoms with Crippen LogP contribution in [0.2, 0.25) is 0 Å². The summed E-state index contributed by atoms with van der Waals surface area (Å²) < 4.78 is 1.03. The molecule has 1 atom stereocenters. The highest BCUT2D eigenvalue weighted by Gasteiger charge is 2.25. The van der Waals surface area contributed by atoms with Crippen LogP contribution in [-0.4, -0.2) is 47.4 Å². The van der Waals surface area contributed by atoms with Gasteiger partial charge in [0.1, 0.15) is 5.38 Å². The highest BCUT2D eigenvalue weighted by atomic mass is 35.5. The third-order valence-corrected chi connectivity index (χ3v) is 5.30. The van der Waals surface area contributed by atoms with Crippen molar-refractivity contribution in [2.45, 2.75) is 5.38 Å². The highest BCUT2D eigenvalue weighted by Crippen LogP contribution is 2.37. The molecule has 8 nitrogen and oxygen atoms in total. The summed E-state index contributed by atoms with van der Waals surface area (Å²) in [6, 6.07) is 13.8. The first-order valence-corrected chi connectivity index (χ1v) is 9.95. The van der Waals surface area contributed by atoms with Gasteiger partial charge in [-0.1, -0.05) is 36.4 Å². The number of pyridine rings is 1. The third-order valence-electron chi connectivity index (χ3n) is 4.85. The molecule has 2 aromatic rings. The molecule has 9 heteroatoms. The number of carboxylic acid groups (broad SMARTS) is 1. The molecule has 0 amide bonds. The normalized spacial score (nSPS) is 15.2. The van der Waals surface area contributed by atoms with Crippen molar-refractivity contribution < 1.29 is 19.9 Å². The number of carboxylic acids is 1. The van der Waals surface area contributed by atoms with Crippen molar-refractivity contribution in [3.05, 3.63) is 84.9 Å². The van der Waals surface area contributed by atoms with E-state index in [4.69, 9.17) is 16.7 Å². The number of carbonyl (C=O) groups is 2. The van der Waals surface area contributed by atoms with Crippen molar-refractivity contribution in [2.24, 2.45) is 0 Å². The second kappa shape index (κ2) is 8.91. The summed E-state index contributed by atoms with van der Waals surface area (Å²) in [6.07, 6.45) is 9.07. The molecule has 0 fully saturated rings. The smallest absolute Gasteiger partial charge is 0.333 e. The number of allylic oxidation sites excluding steroid dienone is 3. The Balaban J connectivity index is 0.000000189. The average molecular weight is 449 g/mol. The summed E-state index contributed by atoms with van der Waals surface area (Å²) >= 11 is 5.48. The number of alkyl halides is 1. The fourth-order valence-electron chi connectivity index (χ4n) is 3.30. The van der Waals surface area contributed by atoms with Gasteiger partial charge in [0.15, 0.2) is 11.6 Å². The Labute approximate surface area is 187 Å². The molecule has 0 bridgehead atoms. The molecule has 0 spiro atoms. The molecule has 2 aliphatic heterocycles. The zero-order valence-corrected chi connectivity index (χ0v) is 17.3. The number of aromatic nitrogens is 4. The zero-order chi connectivity index (χ0) is 22.7. The minimum Gasteiger partial charge on any atom is -0.478 e. The van der Waals surface area contributed by atoms with Crippen LogP contribution in [0.4, 0.5) is 0 Å². The molecule has 3 heterocycles. The zero-order valence-electron chi connectivity index (χ0n) is 16.5. The number of nitrogens with one attached hydrogen (secondary N) is 1. The van der Waals surface area contributed by atoms with E-state index in [2.05, 4.69) is 15.2 Å². The van der Waals surface area contributed by atoms with E-state index in [1.807, 2.05) is 36.4 Å². The van der Waals surface area contributed by atoms with E-state index in [1.54, 1.807) is 24.7 Å². The summed E-state index contributed by atoms with van der Waals surface area (Å²) in [7, 11) is 0. The minimum absolute atomic E-state index is 0.0702. The van der Waals surface area contributed by atoms with Crippen molar-refractivity contribution in [1.82, 2.24) is 19.9 Å². The largest absolute Gasteiger partial charge is 0.478 e. The standard InChI is InChI=1S/C16H12N4O.C7H5ClO3/c21-20-8-4-7-12-14(9-17-16(12)20)15-13(10-18-19-15)11-5-2-1-3-6-11;8-6-4(7(10)11)2-1-3-5(6)9/h1-10,21H,(H,18,19);1-3,6H,(H,10,11). The van der Waals surface area contributed by atoms with Gasteiger partial charge in [0.25, 0.3) is 0 Å². The fourth-order valence-corrected chi connectivity index (χ4v) is 3.54. The van der Waals surface area contributed by atoms with E-state index in [9.17, 15) is 14.8 Å². The fraction of sp³-hybridized carbons (Fsp3) is 0.0435. The third kappa shape index (κ3) is 4.03. The summed E-state index contributed by atoms with van der Waals surface area (Å²) in [5.41, 5.74) is 4.72. The second-order valence-electron chi connectivity index (χ2n) is 6.84. The van der Waals surface area contributed by atoms with Crippen molar-refractivity contribution in [3.63, 3.8) is 0 Å². The molecule has 3 aliphatic rings. The molecule has 0 saturated heterocycles. The van der Waals surface area contributed by atoms with Crippen LogP contribution in [0.15, 0.2) is 84.9 Å². The molecule has 5 rings (SSSR count). The van der Waals surface area contributed by atoms with Gasteiger partial charge in [-0.3, -0.25) is 9.89 Å². The summed E-state index contributed by atoms with van der Waals surface area (Å²) in [5, 5.41) is 24.5. The van der Waals surface area contributed by atoms with Crippen LogP contribution in [0, 0.1) is 0 Å². The molecule has 32 heavy (non-hydrogen) atoms. The molecular formula is C23H17ClN4O4. The molecule has 3 N–H and O–H groups in total. The maximum absolute atomic E-state index is 10.8. The lowest BCUT2D eigenvalue weighted by Crippen LogP contribution is -2.22. The summed E-state index contributed by atoms with van der Waals surface area (Å²) in [6.45, 7) is 0. The lowest BCUT2D eigenvalue weighted by molar-refractivity contribution is -0.133. The first-order valence-electron chi connectivity index (χ1n) is 9.51. The predicted octanol–water partition coefficient (Wildman–Crippen LogP) is 4.03. The van der Waals surface area contributed by atoms with E-state index in [-0.39, 0.29) is 11.4 Å². The first-order chi connectivity index (χ1) is 15.5. The molecular weight excluding hydrogens is 432 g/mol. The average Bonchev–Trinajstić information content (AvgIpc) is 3.44. The number of benzene rings is 1. The number of ketones is 1. The van der Waals surface area contributed by atoms with Crippen molar-refractivity contribution in [3.8, 4) is 33.8 Å². The molecule has 0 radical (unpaired) electrons. The van der Waals surface area contributed by atoms with Gasteiger partial charge in [0.05, 0.1) is 17.5 Å². The minimum atomic E-state index is -1.15. The Hall–Kier alpha value is -4.17. The lowest BCUT2D eigenvalue weighted by atomic mass is 10.0. The number of H-pyrrole nitrogens is 1. The van der Waals surface area contributed by atoms with Gasteiger partial charge in [-0.15, -0.1) is 11.6 Å². The number of fused-ring (bicyclic) bond motifs is 1. The van der Waals surface area contributed by atoms with Gasteiger partial charge in [0, 0.05) is 29.1 Å². The van der Waals surface area contributed by atoms with Crippen molar-refractivity contribution in [2.75, 3.05) is 0 Å². The number of halogens is 1. The number of aromatic amines is 1. The number of nitrogens with zero attached hydrogens (tertiary/aromatic N) is 3. The highest BCUT2D eigenvalue weighted by molar-refractivity contribution is 6.37. The van der Waals surface area contributed by atoms with Crippen molar-refractivity contribution >= 4 is 23.4 Å². The van der Waals surface area contributed by atoms with Crippen LogP contribution < -0.4 is 0 Å². The molecule has 0 saturated carbocycles. The Morgan fingerprint density at radius 3 is 2.56 bits per heavy atom. The van der Waals surface area contributed by atoms with Crippen LogP contribution in [0.1, 0.15) is 0 Å². The molecule has 1 unspecified atom stereocenters. The molecule has 160 valence electrons. The van der Waals surface area contributed by atoms with Crippen LogP contribution in [0.5, 0.6) is 0 Å². The summed E-state index contributed by atoms with van der Waals surface area (Å²) in [5.74, 6) is -1.00. The molecule has 1 aromatic heterocycles. The van der Waals surface area contributed by atoms with Gasteiger partial charge < -0.3 is 10.3 Å². The summed E-state index contributed by atoms with van der Waals surface area (Å²) in [4.78, 5) is 25.4. The number of hydrogen-bond acceptors (Lipinski definition) is 5. The second-order valence-corrected chi connectivity index (χ2v) is 7.27. The van der Waals surface area contributed by atoms with Crippen LogP contribution >= 0.6 is 11.6 Å². The Morgan fingerprint density at radius 1 is 1.06 bits per heavy atom. The SMILES string of the molecule is O=C(O)C1=CC=CC(=O)C1Cl.On1cccc2c(-c3[nH]ncc3-c3ccccc3)cnc1-2. The number of hydrogen-bond donors (Lipinski definition) is 3. The van der Waals surface area contributed by atoms with Gasteiger partial charge in [0.2, 0.25) is 0 Å². The van der Waals surface area contributed by atoms with Crippen LogP contribution in [-0.2, 0) is 9.59 Å². The number of carbonyl (C=O) groups excluding carboxylic acids is 1. The maximum Gasteiger partial charge on any atom is 0.333 e. The van der Waals surface area contributed by atoms with Gasteiger partial charge >= 0.3 is 5.97 Å². The lowest BCUT2D eigenvalue weighted by Gasteiger charge is -2.08. The molecule has 1 aliphatic carbocycles. The van der Waals surface area contributed by atoms with E-state index < -0.39 is 11.3 Å². The monoisotopic (exact) mass is 448 g/mol. The van der Waals surface area contributed by atoms with E-state index in [0.717, 1.165) is 32.7 Å². The number of rotatable bonds is 3. The maximum atomic E-state index is 10.8. The topological polar surface area (TPSA) is 121 Å². The van der Waals surface area contributed by atoms with Crippen LogP contribution in [0.25, 0.3) is 33.8 Å². The quantitative estimate of drug-likeness (QED) is 0.321. The number of aliphatic carboxylic acids is 1. The Kier molecular flexibility index (Phi) is 5.87. The Bertz CT molecular complexity index is 1310. The van der Waals surface area contributed by atoms with E-state index in [0.29, 0.717) is 5.82 Å². The molecule has 1 aromatic carbocycles. The van der Waals surface area contributed by atoms with E-state index in [1.165, 1.54) is 18.2 Å². The predicted molar refractivity (Wildman–Crippen MR) is 119 cm³/mol. The van der Waals surface area contributed by atoms with E-state index >= 15 is 0 Å². The van der Waals surface area contributed by atoms with Crippen LogP contribution in [0.3, 0.4) is 0 Å². The van der Waals surface area contributed by atoms with Gasteiger partial charge in [-0.05, 0) is 29.8 Å². The van der Waals surface area contributed by atoms with Gasteiger partial charge in [-0.25, -0.2) is 9.78 Å². The van der Waals surface area contributed by atoms with Crippen molar-refractivity contribution in [1.29, 1.82) is 0 Å². The van der Waals surface area contributed by atoms with Gasteiger partial charge in [-0.2, -0.15) is 9.83 Å². The Morgan fingerprint density at radius 2 is 1.84 bits per heavy atom.